The molecule has 96 valence electrons. The van der Waals surface area contributed by atoms with Crippen LogP contribution < -0.4 is 5.32 Å². The Morgan fingerprint density at radius 3 is 3.00 bits per heavy atom. The summed E-state index contributed by atoms with van der Waals surface area (Å²) >= 11 is 11.3. The molecule has 1 N–H and O–H groups in total. The molecule has 1 aromatic heterocycles. The van der Waals surface area contributed by atoms with Crippen molar-refractivity contribution < 1.29 is 0 Å². The number of nitrogens with one attached hydrogen (secondary N) is 1. The summed E-state index contributed by atoms with van der Waals surface area (Å²) in [6, 6.07) is 6.15. The van der Waals surface area contributed by atoms with E-state index < -0.39 is 0 Å². The number of aromatic nitrogens is 1. The predicted molar refractivity (Wildman–Crippen MR) is 82.4 cm³/mol. The first-order valence-electron chi connectivity index (χ1n) is 5.76. The van der Waals surface area contributed by atoms with Crippen LogP contribution in [0, 0.1) is 0 Å². The van der Waals surface area contributed by atoms with Gasteiger partial charge in [0.1, 0.15) is 5.01 Å². The largest absolute Gasteiger partial charge is 0.310 e. The SMILES string of the molecule is CCNC(C)c1cnc(-c2cc(Br)ccc2Cl)s1. The second-order valence-corrected chi connectivity index (χ2v) is 6.36. The highest BCUT2D eigenvalue weighted by Crippen LogP contribution is 2.34. The Balaban J connectivity index is 2.32. The number of nitrogens with zero attached hydrogens (tertiary/aromatic N) is 1. The molecule has 1 heterocycles. The number of thiazole rings is 1. The van der Waals surface area contributed by atoms with E-state index in [4.69, 9.17) is 11.6 Å². The molecule has 18 heavy (non-hydrogen) atoms. The van der Waals surface area contributed by atoms with Gasteiger partial charge in [-0.3, -0.25) is 0 Å². The fraction of sp³-hybridized carbons (Fsp3) is 0.308. The summed E-state index contributed by atoms with van der Waals surface area (Å²) in [6.45, 7) is 5.19. The van der Waals surface area contributed by atoms with Gasteiger partial charge in [0.05, 0.1) is 5.02 Å². The van der Waals surface area contributed by atoms with Gasteiger partial charge in [-0.15, -0.1) is 11.3 Å². The molecule has 1 unspecified atom stereocenters. The third-order valence-electron chi connectivity index (χ3n) is 2.62. The van der Waals surface area contributed by atoms with E-state index in [9.17, 15) is 0 Å². The van der Waals surface area contributed by atoms with Gasteiger partial charge in [0.25, 0.3) is 0 Å². The summed E-state index contributed by atoms with van der Waals surface area (Å²) < 4.78 is 1.01. The van der Waals surface area contributed by atoms with Crippen molar-refractivity contribution in [2.24, 2.45) is 0 Å². The van der Waals surface area contributed by atoms with Crippen molar-refractivity contribution in [3.63, 3.8) is 0 Å². The molecule has 0 fully saturated rings. The highest BCUT2D eigenvalue weighted by molar-refractivity contribution is 9.10. The maximum absolute atomic E-state index is 6.21. The average molecular weight is 346 g/mol. The Bertz CT molecular complexity index is 542. The minimum atomic E-state index is 0.326. The van der Waals surface area contributed by atoms with Gasteiger partial charge < -0.3 is 5.32 Å². The van der Waals surface area contributed by atoms with Crippen LogP contribution in [-0.4, -0.2) is 11.5 Å². The fourth-order valence-electron chi connectivity index (χ4n) is 1.68. The Morgan fingerprint density at radius 1 is 1.50 bits per heavy atom. The molecule has 0 spiro atoms. The van der Waals surface area contributed by atoms with Crippen molar-refractivity contribution in [3.05, 3.63) is 38.8 Å². The molecule has 2 nitrogen and oxygen atoms in total. The van der Waals surface area contributed by atoms with E-state index in [0.29, 0.717) is 6.04 Å². The Morgan fingerprint density at radius 2 is 2.28 bits per heavy atom. The van der Waals surface area contributed by atoms with Crippen molar-refractivity contribution in [1.82, 2.24) is 10.3 Å². The summed E-state index contributed by atoms with van der Waals surface area (Å²) in [6.07, 6.45) is 1.92. The van der Waals surface area contributed by atoms with Gasteiger partial charge in [-0.2, -0.15) is 0 Å². The lowest BCUT2D eigenvalue weighted by Crippen LogP contribution is -2.16. The highest BCUT2D eigenvalue weighted by atomic mass is 79.9. The summed E-state index contributed by atoms with van der Waals surface area (Å²) in [5, 5.41) is 5.07. The number of hydrogen-bond acceptors (Lipinski definition) is 3. The fourth-order valence-corrected chi connectivity index (χ4v) is 3.28. The first-order valence-corrected chi connectivity index (χ1v) is 7.75. The lowest BCUT2D eigenvalue weighted by molar-refractivity contribution is 0.606. The molecule has 0 aliphatic carbocycles. The molecular formula is C13H14BrClN2S. The topological polar surface area (TPSA) is 24.9 Å². The van der Waals surface area contributed by atoms with E-state index in [1.165, 1.54) is 4.88 Å². The van der Waals surface area contributed by atoms with Crippen molar-refractivity contribution in [2.75, 3.05) is 6.54 Å². The van der Waals surface area contributed by atoms with Crippen molar-refractivity contribution in [3.8, 4) is 10.6 Å². The minimum absolute atomic E-state index is 0.326. The number of benzene rings is 1. The molecule has 0 aliphatic rings. The normalized spacial score (nSPS) is 12.7. The Kier molecular flexibility index (Phi) is 4.78. The monoisotopic (exact) mass is 344 g/mol. The quantitative estimate of drug-likeness (QED) is 0.852. The van der Waals surface area contributed by atoms with E-state index in [2.05, 4.69) is 40.1 Å². The van der Waals surface area contributed by atoms with Gasteiger partial charge in [-0.05, 0) is 31.7 Å². The number of hydrogen-bond donors (Lipinski definition) is 1. The van der Waals surface area contributed by atoms with Gasteiger partial charge in [0, 0.05) is 27.2 Å². The molecule has 0 saturated heterocycles. The molecule has 2 aromatic rings. The smallest absolute Gasteiger partial charge is 0.125 e. The number of rotatable bonds is 4. The van der Waals surface area contributed by atoms with Gasteiger partial charge in [-0.1, -0.05) is 34.5 Å². The van der Waals surface area contributed by atoms with Crippen molar-refractivity contribution >= 4 is 38.9 Å². The molecule has 0 saturated carbocycles. The van der Waals surface area contributed by atoms with Gasteiger partial charge in [-0.25, -0.2) is 4.98 Å². The average Bonchev–Trinajstić information content (AvgIpc) is 2.82. The predicted octanol–water partition coefficient (Wildman–Crippen LogP) is 4.90. The zero-order chi connectivity index (χ0) is 13.1. The van der Waals surface area contributed by atoms with Crippen LogP contribution >= 0.6 is 38.9 Å². The molecular weight excluding hydrogens is 332 g/mol. The summed E-state index contributed by atoms with van der Waals surface area (Å²) in [4.78, 5) is 5.69. The van der Waals surface area contributed by atoms with E-state index in [-0.39, 0.29) is 0 Å². The Hall–Kier alpha value is -0.420. The number of halogens is 2. The van der Waals surface area contributed by atoms with Crippen LogP contribution in [0.1, 0.15) is 24.8 Å². The summed E-state index contributed by atoms with van der Waals surface area (Å²) in [5.74, 6) is 0. The third kappa shape index (κ3) is 3.12. The molecule has 1 aromatic carbocycles. The van der Waals surface area contributed by atoms with Gasteiger partial charge in [0.15, 0.2) is 0 Å². The lowest BCUT2D eigenvalue weighted by atomic mass is 10.2. The molecule has 5 heteroatoms. The van der Waals surface area contributed by atoms with E-state index in [1.54, 1.807) is 11.3 Å². The zero-order valence-corrected chi connectivity index (χ0v) is 13.4. The van der Waals surface area contributed by atoms with E-state index in [1.807, 2.05) is 24.4 Å². The molecule has 0 radical (unpaired) electrons. The molecule has 2 rings (SSSR count). The van der Waals surface area contributed by atoms with Gasteiger partial charge in [0.2, 0.25) is 0 Å². The van der Waals surface area contributed by atoms with Crippen LogP contribution in [0.25, 0.3) is 10.6 Å². The molecule has 0 bridgehead atoms. The lowest BCUT2D eigenvalue weighted by Gasteiger charge is -2.08. The van der Waals surface area contributed by atoms with Crippen molar-refractivity contribution in [1.29, 1.82) is 0 Å². The van der Waals surface area contributed by atoms with Crippen LogP contribution in [0.3, 0.4) is 0 Å². The molecule has 0 amide bonds. The summed E-state index contributed by atoms with van der Waals surface area (Å²) in [7, 11) is 0. The van der Waals surface area contributed by atoms with Crippen LogP contribution in [0.5, 0.6) is 0 Å². The van der Waals surface area contributed by atoms with Crippen LogP contribution in [0.4, 0.5) is 0 Å². The standard InChI is InChI=1S/C13H14BrClN2S/c1-3-16-8(2)12-7-17-13(18-12)10-6-9(14)4-5-11(10)15/h4-8,16H,3H2,1-2H3. The Labute approximate surface area is 125 Å². The molecule has 1 atom stereocenters. The second-order valence-electron chi connectivity index (χ2n) is 3.97. The molecule has 0 aliphatic heterocycles. The van der Waals surface area contributed by atoms with Gasteiger partial charge >= 0.3 is 0 Å². The first kappa shape index (κ1) is 14.0. The zero-order valence-electron chi connectivity index (χ0n) is 10.2. The van der Waals surface area contributed by atoms with E-state index in [0.717, 1.165) is 26.6 Å². The van der Waals surface area contributed by atoms with E-state index >= 15 is 0 Å². The van der Waals surface area contributed by atoms with Crippen LogP contribution in [0.15, 0.2) is 28.9 Å². The van der Waals surface area contributed by atoms with Crippen molar-refractivity contribution in [2.45, 2.75) is 19.9 Å². The first-order chi connectivity index (χ1) is 8.61. The highest BCUT2D eigenvalue weighted by Gasteiger charge is 2.12. The minimum Gasteiger partial charge on any atom is -0.310 e. The maximum atomic E-state index is 6.21. The second kappa shape index (κ2) is 6.15. The van der Waals surface area contributed by atoms with Crippen LogP contribution in [0.2, 0.25) is 5.02 Å². The van der Waals surface area contributed by atoms with Crippen LogP contribution in [-0.2, 0) is 0 Å². The maximum Gasteiger partial charge on any atom is 0.125 e. The summed E-state index contributed by atoms with van der Waals surface area (Å²) in [5.41, 5.74) is 0.978. The third-order valence-corrected chi connectivity index (χ3v) is 4.66.